The van der Waals surface area contributed by atoms with Gasteiger partial charge in [0.05, 0.1) is 6.10 Å². The number of amides is 1. The Hall–Kier alpha value is -3.83. The molecule has 1 aliphatic rings. The zero-order valence-electron chi connectivity index (χ0n) is 22.8. The molecular weight excluding hydrogens is 538 g/mol. The van der Waals surface area contributed by atoms with Gasteiger partial charge in [-0.05, 0) is 84.1 Å². The Morgan fingerprint density at radius 2 is 1.68 bits per heavy atom. The minimum absolute atomic E-state index is 0.00390. The SMILES string of the molecule is CC(C)(C)OC(=O)N1CCN(c2ccc(-c3ccc(OCC(O)CCn4cc([N+](=O)[O-])nc4Cl)cc3)cc2)CC1. The fourth-order valence-electron chi connectivity index (χ4n) is 4.27. The van der Waals surface area contributed by atoms with Crippen molar-refractivity contribution in [1.82, 2.24) is 14.5 Å². The number of aryl methyl sites for hydroxylation is 1. The molecule has 0 spiro atoms. The maximum atomic E-state index is 12.3. The number of aromatic nitrogens is 2. The number of nitro groups is 1. The monoisotopic (exact) mass is 571 g/mol. The van der Waals surface area contributed by atoms with Gasteiger partial charge in [0, 0.05) is 38.4 Å². The number of hydrogen-bond acceptors (Lipinski definition) is 8. The summed E-state index contributed by atoms with van der Waals surface area (Å²) >= 11 is 5.91. The van der Waals surface area contributed by atoms with E-state index in [1.807, 2.05) is 45.0 Å². The van der Waals surface area contributed by atoms with Crippen LogP contribution in [0.3, 0.4) is 0 Å². The van der Waals surface area contributed by atoms with E-state index in [0.717, 1.165) is 29.9 Å². The molecule has 12 heteroatoms. The van der Waals surface area contributed by atoms with Gasteiger partial charge >= 0.3 is 17.2 Å². The number of piperazine rings is 1. The van der Waals surface area contributed by atoms with E-state index >= 15 is 0 Å². The average Bonchev–Trinajstić information content (AvgIpc) is 3.31. The Morgan fingerprint density at radius 3 is 2.23 bits per heavy atom. The summed E-state index contributed by atoms with van der Waals surface area (Å²) in [5.74, 6) is 0.294. The number of ether oxygens (including phenoxy) is 2. The summed E-state index contributed by atoms with van der Waals surface area (Å²) < 4.78 is 12.6. The van der Waals surface area contributed by atoms with Crippen molar-refractivity contribution in [3.8, 4) is 16.9 Å². The van der Waals surface area contributed by atoms with E-state index in [9.17, 15) is 20.0 Å². The number of carbonyl (C=O) groups excluding carboxylic acids is 1. The van der Waals surface area contributed by atoms with Gasteiger partial charge in [0.1, 0.15) is 24.2 Å². The van der Waals surface area contributed by atoms with Crippen LogP contribution >= 0.6 is 11.6 Å². The van der Waals surface area contributed by atoms with Gasteiger partial charge in [-0.3, -0.25) is 4.57 Å². The Labute approximate surface area is 238 Å². The summed E-state index contributed by atoms with van der Waals surface area (Å²) in [4.78, 5) is 30.2. The predicted octanol–water partition coefficient (Wildman–Crippen LogP) is 5.00. The Balaban J connectivity index is 1.23. The molecule has 0 saturated carbocycles. The maximum Gasteiger partial charge on any atom is 0.410 e. The lowest BCUT2D eigenvalue weighted by Crippen LogP contribution is -2.50. The average molecular weight is 572 g/mol. The van der Waals surface area contributed by atoms with E-state index in [2.05, 4.69) is 34.1 Å². The number of carbonyl (C=O) groups is 1. The van der Waals surface area contributed by atoms with Crippen LogP contribution in [0.4, 0.5) is 16.3 Å². The number of aliphatic hydroxyl groups excluding tert-OH is 1. The van der Waals surface area contributed by atoms with Crippen molar-refractivity contribution >= 4 is 29.2 Å². The molecule has 3 aromatic rings. The molecule has 2 aromatic carbocycles. The highest BCUT2D eigenvalue weighted by Crippen LogP contribution is 2.26. The van der Waals surface area contributed by atoms with Crippen LogP contribution in [0.5, 0.6) is 5.75 Å². The van der Waals surface area contributed by atoms with Crippen LogP contribution in [0.15, 0.2) is 54.7 Å². The number of halogens is 1. The van der Waals surface area contributed by atoms with Gasteiger partial charge in [0.2, 0.25) is 0 Å². The molecule has 1 atom stereocenters. The lowest BCUT2D eigenvalue weighted by Gasteiger charge is -2.36. The number of aliphatic hydroxyl groups is 1. The molecule has 4 rings (SSSR count). The third-order valence-electron chi connectivity index (χ3n) is 6.40. The van der Waals surface area contributed by atoms with Gasteiger partial charge in [-0.25, -0.2) is 4.79 Å². The third kappa shape index (κ3) is 7.86. The number of rotatable bonds is 9. The zero-order chi connectivity index (χ0) is 28.9. The minimum atomic E-state index is -0.782. The first-order chi connectivity index (χ1) is 19.0. The second-order valence-electron chi connectivity index (χ2n) is 10.6. The van der Waals surface area contributed by atoms with Crippen molar-refractivity contribution < 1.29 is 24.3 Å². The van der Waals surface area contributed by atoms with E-state index in [-0.39, 0.29) is 30.3 Å². The van der Waals surface area contributed by atoms with Crippen LogP contribution < -0.4 is 9.64 Å². The second-order valence-corrected chi connectivity index (χ2v) is 10.9. The minimum Gasteiger partial charge on any atom is -0.491 e. The molecule has 40 heavy (non-hydrogen) atoms. The number of hydrogen-bond donors (Lipinski definition) is 1. The van der Waals surface area contributed by atoms with E-state index < -0.39 is 16.6 Å². The van der Waals surface area contributed by atoms with E-state index in [4.69, 9.17) is 21.1 Å². The maximum absolute atomic E-state index is 12.3. The number of benzene rings is 2. The zero-order valence-corrected chi connectivity index (χ0v) is 23.6. The summed E-state index contributed by atoms with van der Waals surface area (Å²) in [5.41, 5.74) is 2.70. The molecule has 214 valence electrons. The molecule has 0 aliphatic carbocycles. The van der Waals surface area contributed by atoms with Crippen molar-refractivity contribution in [2.75, 3.05) is 37.7 Å². The molecule has 11 nitrogen and oxygen atoms in total. The molecular formula is C28H34ClN5O6. The number of imidazole rings is 1. The fraction of sp³-hybridized carbons (Fsp3) is 0.429. The molecule has 1 amide bonds. The van der Waals surface area contributed by atoms with E-state index in [1.54, 1.807) is 4.90 Å². The summed E-state index contributed by atoms with van der Waals surface area (Å²) in [5, 5.41) is 21.1. The number of nitrogens with zero attached hydrogens (tertiary/aromatic N) is 5. The van der Waals surface area contributed by atoms with Gasteiger partial charge in [-0.1, -0.05) is 24.3 Å². The van der Waals surface area contributed by atoms with Crippen molar-refractivity contribution in [3.05, 3.63) is 70.1 Å². The van der Waals surface area contributed by atoms with Gasteiger partial charge in [-0.15, -0.1) is 0 Å². The predicted molar refractivity (Wildman–Crippen MR) is 152 cm³/mol. The van der Waals surface area contributed by atoms with Crippen LogP contribution in [-0.4, -0.2) is 75.1 Å². The highest BCUT2D eigenvalue weighted by Gasteiger charge is 2.26. The first-order valence-electron chi connectivity index (χ1n) is 13.1. The fourth-order valence-corrected chi connectivity index (χ4v) is 4.49. The molecule has 2 heterocycles. The normalized spacial score (nSPS) is 14.6. The van der Waals surface area contributed by atoms with Crippen LogP contribution in [-0.2, 0) is 11.3 Å². The highest BCUT2D eigenvalue weighted by atomic mass is 35.5. The molecule has 1 aromatic heterocycles. The third-order valence-corrected chi connectivity index (χ3v) is 6.70. The largest absolute Gasteiger partial charge is 0.491 e. The summed E-state index contributed by atoms with van der Waals surface area (Å²) in [6.07, 6.45) is 0.495. The Bertz CT molecular complexity index is 1300. The molecule has 0 bridgehead atoms. The summed E-state index contributed by atoms with van der Waals surface area (Å²) in [6.45, 7) is 8.68. The lowest BCUT2D eigenvalue weighted by atomic mass is 10.0. The molecule has 1 aliphatic heterocycles. The van der Waals surface area contributed by atoms with Crippen molar-refractivity contribution in [2.45, 2.75) is 45.4 Å². The first-order valence-corrected chi connectivity index (χ1v) is 13.5. The standard InChI is InChI=1S/C28H34ClN5O6/c1-28(2,3)40-27(36)32-16-14-31(15-17-32)22-8-4-20(5-9-22)21-6-10-24(11-7-21)39-19-23(35)12-13-33-18-25(34(37)38)30-26(33)29/h4-11,18,23,35H,12-17,19H2,1-3H3. The summed E-state index contributed by atoms with van der Waals surface area (Å²) in [7, 11) is 0. The van der Waals surface area contributed by atoms with Crippen LogP contribution in [0, 0.1) is 10.1 Å². The molecule has 1 saturated heterocycles. The first kappa shape index (κ1) is 29.2. The molecule has 1 fully saturated rings. The van der Waals surface area contributed by atoms with E-state index in [1.165, 1.54) is 10.8 Å². The Kier molecular flexibility index (Phi) is 9.16. The van der Waals surface area contributed by atoms with Crippen molar-refractivity contribution in [3.63, 3.8) is 0 Å². The number of anilines is 1. The lowest BCUT2D eigenvalue weighted by molar-refractivity contribution is -0.389. The quantitative estimate of drug-likeness (QED) is 0.281. The van der Waals surface area contributed by atoms with E-state index in [0.29, 0.717) is 25.3 Å². The Morgan fingerprint density at radius 1 is 1.07 bits per heavy atom. The van der Waals surface area contributed by atoms with Gasteiger partial charge < -0.3 is 34.5 Å². The van der Waals surface area contributed by atoms with Crippen LogP contribution in [0.1, 0.15) is 27.2 Å². The van der Waals surface area contributed by atoms with Crippen LogP contribution in [0.25, 0.3) is 11.1 Å². The summed E-state index contributed by atoms with van der Waals surface area (Å²) in [6, 6.07) is 15.9. The van der Waals surface area contributed by atoms with Crippen molar-refractivity contribution in [2.24, 2.45) is 0 Å². The highest BCUT2D eigenvalue weighted by molar-refractivity contribution is 6.28. The topological polar surface area (TPSA) is 123 Å². The van der Waals surface area contributed by atoms with Crippen LogP contribution in [0.2, 0.25) is 5.28 Å². The van der Waals surface area contributed by atoms with Crippen molar-refractivity contribution in [1.29, 1.82) is 0 Å². The molecule has 1 N–H and O–H groups in total. The van der Waals surface area contributed by atoms with Gasteiger partial charge in [0.25, 0.3) is 0 Å². The smallest absolute Gasteiger partial charge is 0.410 e. The molecule has 1 unspecified atom stereocenters. The van der Waals surface area contributed by atoms with Gasteiger partial charge in [0.15, 0.2) is 0 Å². The molecule has 0 radical (unpaired) electrons. The second kappa shape index (κ2) is 12.6. The van der Waals surface area contributed by atoms with Gasteiger partial charge in [-0.2, -0.15) is 0 Å².